The number of hydrogen-bond acceptors (Lipinski definition) is 2. The van der Waals surface area contributed by atoms with Gasteiger partial charge >= 0.3 is 0 Å². The van der Waals surface area contributed by atoms with Crippen molar-refractivity contribution in [1.82, 2.24) is 0 Å². The van der Waals surface area contributed by atoms with Gasteiger partial charge in [-0.2, -0.15) is 0 Å². The largest absolute Gasteiger partial charge is 0.492 e. The lowest BCUT2D eigenvalue weighted by atomic mass is 9.79. The van der Waals surface area contributed by atoms with Gasteiger partial charge in [-0.25, -0.2) is 0 Å². The van der Waals surface area contributed by atoms with Crippen LogP contribution in [0.4, 0.5) is 0 Å². The lowest BCUT2D eigenvalue weighted by molar-refractivity contribution is -0.0723. The topological polar surface area (TPSA) is 18.5 Å². The van der Waals surface area contributed by atoms with Gasteiger partial charge in [0.1, 0.15) is 6.10 Å². The first-order valence-corrected chi connectivity index (χ1v) is 7.06. The number of ether oxygens (including phenoxy) is 2. The highest BCUT2D eigenvalue weighted by atomic mass is 16.5. The van der Waals surface area contributed by atoms with E-state index in [1.54, 1.807) is 0 Å². The van der Waals surface area contributed by atoms with Crippen LogP contribution in [0.5, 0.6) is 0 Å². The van der Waals surface area contributed by atoms with E-state index in [1.165, 1.54) is 5.56 Å². The second-order valence-electron chi connectivity index (χ2n) is 5.63. The molecule has 1 saturated heterocycles. The summed E-state index contributed by atoms with van der Waals surface area (Å²) in [6, 6.07) is 10.2. The van der Waals surface area contributed by atoms with Gasteiger partial charge in [0.15, 0.2) is 0 Å². The van der Waals surface area contributed by atoms with Gasteiger partial charge in [0, 0.05) is 5.92 Å². The molecule has 2 rings (SSSR count). The molecule has 0 N–H and O–H groups in total. The minimum atomic E-state index is 0.127. The van der Waals surface area contributed by atoms with Crippen molar-refractivity contribution in [2.24, 2.45) is 17.8 Å². The Balaban J connectivity index is 1.84. The van der Waals surface area contributed by atoms with Crippen LogP contribution in [0.2, 0.25) is 0 Å². The van der Waals surface area contributed by atoms with E-state index in [4.69, 9.17) is 9.47 Å². The SMILES string of the molecule is C=C1OC(COCc2ccccc2)[C@@H](C)[C@H](C)C1C. The molecule has 0 aromatic heterocycles. The van der Waals surface area contributed by atoms with Crippen molar-refractivity contribution in [2.45, 2.75) is 33.5 Å². The highest BCUT2D eigenvalue weighted by Gasteiger charge is 2.35. The van der Waals surface area contributed by atoms with Crippen LogP contribution in [-0.2, 0) is 16.1 Å². The second-order valence-corrected chi connectivity index (χ2v) is 5.63. The summed E-state index contributed by atoms with van der Waals surface area (Å²) in [6.07, 6.45) is 0.127. The van der Waals surface area contributed by atoms with Crippen LogP contribution in [0.15, 0.2) is 42.7 Å². The molecular weight excluding hydrogens is 236 g/mol. The van der Waals surface area contributed by atoms with Crippen LogP contribution < -0.4 is 0 Å². The highest BCUT2D eigenvalue weighted by Crippen LogP contribution is 2.36. The maximum atomic E-state index is 5.90. The van der Waals surface area contributed by atoms with Crippen molar-refractivity contribution < 1.29 is 9.47 Å². The van der Waals surface area contributed by atoms with Crippen LogP contribution in [0.25, 0.3) is 0 Å². The standard InChI is InChI=1S/C17H24O2/c1-12-13(2)15(4)19-17(14(12)3)11-18-10-16-8-6-5-7-9-16/h5-9,12-14,17H,4,10-11H2,1-3H3/t12-,13?,14+,17?/m1/s1. The fraction of sp³-hybridized carbons (Fsp3) is 0.529. The average molecular weight is 260 g/mol. The van der Waals surface area contributed by atoms with Gasteiger partial charge in [0.2, 0.25) is 0 Å². The zero-order chi connectivity index (χ0) is 13.8. The fourth-order valence-corrected chi connectivity index (χ4v) is 2.55. The predicted molar refractivity (Wildman–Crippen MR) is 77.6 cm³/mol. The van der Waals surface area contributed by atoms with E-state index in [9.17, 15) is 0 Å². The average Bonchev–Trinajstić information content (AvgIpc) is 2.43. The van der Waals surface area contributed by atoms with Crippen LogP contribution in [0, 0.1) is 17.8 Å². The lowest BCUT2D eigenvalue weighted by Crippen LogP contribution is -2.39. The Hall–Kier alpha value is -1.28. The van der Waals surface area contributed by atoms with Gasteiger partial charge in [-0.05, 0) is 17.4 Å². The van der Waals surface area contributed by atoms with Gasteiger partial charge < -0.3 is 9.47 Å². The second kappa shape index (κ2) is 6.25. The van der Waals surface area contributed by atoms with Crippen molar-refractivity contribution in [3.8, 4) is 0 Å². The zero-order valence-corrected chi connectivity index (χ0v) is 12.1. The summed E-state index contributed by atoms with van der Waals surface area (Å²) >= 11 is 0. The van der Waals surface area contributed by atoms with Crippen LogP contribution in [0.3, 0.4) is 0 Å². The molecule has 1 aromatic carbocycles. The molecular formula is C17H24O2. The molecule has 2 nitrogen and oxygen atoms in total. The van der Waals surface area contributed by atoms with E-state index in [-0.39, 0.29) is 6.10 Å². The molecule has 0 aliphatic carbocycles. The molecule has 2 heteroatoms. The molecule has 2 unspecified atom stereocenters. The van der Waals surface area contributed by atoms with Crippen molar-refractivity contribution in [3.05, 3.63) is 48.2 Å². The Morgan fingerprint density at radius 3 is 2.47 bits per heavy atom. The maximum absolute atomic E-state index is 5.90. The van der Waals surface area contributed by atoms with Crippen molar-refractivity contribution in [1.29, 1.82) is 0 Å². The van der Waals surface area contributed by atoms with Gasteiger partial charge in [-0.15, -0.1) is 0 Å². The van der Waals surface area contributed by atoms with Gasteiger partial charge in [0.05, 0.1) is 19.0 Å². The molecule has 0 spiro atoms. The minimum Gasteiger partial charge on any atom is -0.492 e. The summed E-state index contributed by atoms with van der Waals surface area (Å²) in [5, 5.41) is 0. The third-order valence-corrected chi connectivity index (χ3v) is 4.41. The van der Waals surface area contributed by atoms with Crippen molar-refractivity contribution >= 4 is 0 Å². The molecule has 1 fully saturated rings. The molecule has 0 saturated carbocycles. The highest BCUT2D eigenvalue weighted by molar-refractivity contribution is 5.13. The quantitative estimate of drug-likeness (QED) is 0.814. The van der Waals surface area contributed by atoms with Crippen molar-refractivity contribution in [2.75, 3.05) is 6.61 Å². The Labute approximate surface area is 116 Å². The summed E-state index contributed by atoms with van der Waals surface area (Å²) in [5.41, 5.74) is 1.20. The summed E-state index contributed by atoms with van der Waals surface area (Å²) in [4.78, 5) is 0. The molecule has 0 bridgehead atoms. The van der Waals surface area contributed by atoms with E-state index in [1.807, 2.05) is 18.2 Å². The fourth-order valence-electron chi connectivity index (χ4n) is 2.55. The van der Waals surface area contributed by atoms with Gasteiger partial charge in [0.25, 0.3) is 0 Å². The zero-order valence-electron chi connectivity index (χ0n) is 12.1. The van der Waals surface area contributed by atoms with Crippen LogP contribution >= 0.6 is 0 Å². The summed E-state index contributed by atoms with van der Waals surface area (Å²) in [6.45, 7) is 12.0. The first-order chi connectivity index (χ1) is 9.09. The van der Waals surface area contributed by atoms with Gasteiger partial charge in [-0.1, -0.05) is 57.7 Å². The molecule has 0 radical (unpaired) electrons. The third-order valence-electron chi connectivity index (χ3n) is 4.41. The molecule has 0 amide bonds. The smallest absolute Gasteiger partial charge is 0.124 e. The van der Waals surface area contributed by atoms with E-state index in [0.717, 1.165) is 5.76 Å². The molecule has 1 heterocycles. The van der Waals surface area contributed by atoms with E-state index < -0.39 is 0 Å². The lowest BCUT2D eigenvalue weighted by Gasteiger charge is -2.40. The molecule has 4 atom stereocenters. The Morgan fingerprint density at radius 1 is 1.11 bits per heavy atom. The molecule has 19 heavy (non-hydrogen) atoms. The predicted octanol–water partition coefficient (Wildman–Crippen LogP) is 4.02. The van der Waals surface area contributed by atoms with E-state index >= 15 is 0 Å². The first-order valence-electron chi connectivity index (χ1n) is 7.06. The summed E-state index contributed by atoms with van der Waals surface area (Å²) in [5.74, 6) is 2.42. The minimum absolute atomic E-state index is 0.127. The molecule has 1 aromatic rings. The molecule has 1 aliphatic rings. The maximum Gasteiger partial charge on any atom is 0.124 e. The first kappa shape index (κ1) is 14.1. The van der Waals surface area contributed by atoms with Crippen LogP contribution in [0.1, 0.15) is 26.3 Å². The molecule has 104 valence electrons. The summed E-state index contributed by atoms with van der Waals surface area (Å²) in [7, 11) is 0. The third kappa shape index (κ3) is 3.38. The van der Waals surface area contributed by atoms with Crippen LogP contribution in [-0.4, -0.2) is 12.7 Å². The van der Waals surface area contributed by atoms with E-state index in [2.05, 4.69) is 39.5 Å². The Morgan fingerprint density at radius 2 is 1.79 bits per heavy atom. The van der Waals surface area contributed by atoms with Crippen molar-refractivity contribution in [3.63, 3.8) is 0 Å². The Bertz CT molecular complexity index is 413. The Kier molecular flexibility index (Phi) is 4.65. The molecule has 1 aliphatic heterocycles. The van der Waals surface area contributed by atoms with Gasteiger partial charge in [-0.3, -0.25) is 0 Å². The normalized spacial score (nSPS) is 31.0. The number of allylic oxidation sites excluding steroid dienone is 1. The monoisotopic (exact) mass is 260 g/mol. The number of hydrogen-bond donors (Lipinski definition) is 0. The van der Waals surface area contributed by atoms with E-state index in [0.29, 0.717) is 31.0 Å². The number of benzene rings is 1. The summed E-state index contributed by atoms with van der Waals surface area (Å²) < 4.78 is 11.7. The number of rotatable bonds is 4.